The molecule has 2 heterocycles. The molecule has 1 fully saturated rings. The summed E-state index contributed by atoms with van der Waals surface area (Å²) in [7, 11) is 1.54. The number of nitrogens with one attached hydrogen (secondary N) is 1. The van der Waals surface area contributed by atoms with E-state index in [0.717, 1.165) is 6.42 Å². The van der Waals surface area contributed by atoms with Crippen LogP contribution in [0.25, 0.3) is 11.3 Å². The summed E-state index contributed by atoms with van der Waals surface area (Å²) in [6, 6.07) is 4.99. The summed E-state index contributed by atoms with van der Waals surface area (Å²) in [6.45, 7) is 0. The zero-order chi connectivity index (χ0) is 18.1. The highest BCUT2D eigenvalue weighted by Crippen LogP contribution is 2.41. The highest BCUT2D eigenvalue weighted by Gasteiger charge is 2.55. The van der Waals surface area contributed by atoms with Crippen LogP contribution in [-0.4, -0.2) is 32.4 Å². The summed E-state index contributed by atoms with van der Waals surface area (Å²) in [5, 5.41) is 6.47. The Balaban J connectivity index is 1.87. The summed E-state index contributed by atoms with van der Waals surface area (Å²) in [5.41, 5.74) is -0.875. The molecule has 0 unspecified atom stereocenters. The van der Waals surface area contributed by atoms with Crippen LogP contribution in [0.15, 0.2) is 30.6 Å². The van der Waals surface area contributed by atoms with E-state index in [1.165, 1.54) is 17.8 Å². The van der Waals surface area contributed by atoms with Crippen LogP contribution in [0.3, 0.4) is 0 Å². The van der Waals surface area contributed by atoms with Crippen LogP contribution in [0.2, 0.25) is 0 Å². The number of alkyl halides is 3. The number of hydrogen-bond donors (Lipinski definition) is 1. The summed E-state index contributed by atoms with van der Waals surface area (Å²) < 4.78 is 42.1. The van der Waals surface area contributed by atoms with Crippen molar-refractivity contribution in [3.63, 3.8) is 0 Å². The fraction of sp³-hybridized carbons (Fsp3) is 0.471. The average Bonchev–Trinajstić information content (AvgIpc) is 2.97. The van der Waals surface area contributed by atoms with Crippen molar-refractivity contribution in [2.24, 2.45) is 7.05 Å². The molecule has 0 aromatic carbocycles. The molecule has 5 nitrogen and oxygen atoms in total. The van der Waals surface area contributed by atoms with Gasteiger partial charge in [0.15, 0.2) is 0 Å². The zero-order valence-electron chi connectivity index (χ0n) is 13.8. The van der Waals surface area contributed by atoms with E-state index in [0.29, 0.717) is 24.1 Å². The molecule has 1 amide bonds. The topological polar surface area (TPSA) is 59.8 Å². The van der Waals surface area contributed by atoms with Crippen molar-refractivity contribution in [3.8, 4) is 11.3 Å². The van der Waals surface area contributed by atoms with Crippen molar-refractivity contribution in [3.05, 3.63) is 36.3 Å². The van der Waals surface area contributed by atoms with Gasteiger partial charge in [0.2, 0.25) is 0 Å². The standard InChI is InChI=1S/C17H19F3N4O/c1-24-14(10-13(23-24)12-6-5-9-21-11-12)15(25)22-16(17(18,19)20)7-3-2-4-8-16/h5-6,9-11H,2-4,7-8H2,1H3,(H,22,25). The zero-order valence-corrected chi connectivity index (χ0v) is 13.8. The number of halogens is 3. The molecule has 1 aliphatic carbocycles. The summed E-state index contributed by atoms with van der Waals surface area (Å²) in [5.74, 6) is -0.760. The van der Waals surface area contributed by atoms with Gasteiger partial charge in [0.25, 0.3) is 5.91 Å². The van der Waals surface area contributed by atoms with E-state index in [1.54, 1.807) is 24.5 Å². The average molecular weight is 352 g/mol. The number of aromatic nitrogens is 3. The minimum Gasteiger partial charge on any atom is -0.336 e. The first-order valence-electron chi connectivity index (χ1n) is 8.16. The molecule has 0 saturated heterocycles. The van der Waals surface area contributed by atoms with Gasteiger partial charge in [-0.05, 0) is 31.0 Å². The molecule has 0 atom stereocenters. The second kappa shape index (κ2) is 6.50. The molecule has 1 N–H and O–H groups in total. The number of pyridine rings is 1. The van der Waals surface area contributed by atoms with Gasteiger partial charge in [0, 0.05) is 25.0 Å². The quantitative estimate of drug-likeness (QED) is 0.920. The van der Waals surface area contributed by atoms with E-state index in [2.05, 4.69) is 15.4 Å². The third-order valence-electron chi connectivity index (χ3n) is 4.67. The predicted octanol–water partition coefficient (Wildman–Crippen LogP) is 3.48. The van der Waals surface area contributed by atoms with Crippen molar-refractivity contribution < 1.29 is 18.0 Å². The maximum Gasteiger partial charge on any atom is 0.411 e. The highest BCUT2D eigenvalue weighted by molar-refractivity contribution is 5.94. The van der Waals surface area contributed by atoms with Crippen LogP contribution in [0, 0.1) is 0 Å². The predicted molar refractivity (Wildman–Crippen MR) is 85.8 cm³/mol. The molecule has 0 radical (unpaired) electrons. The Bertz CT molecular complexity index is 749. The summed E-state index contributed by atoms with van der Waals surface area (Å²) >= 11 is 0. The van der Waals surface area contributed by atoms with Crippen molar-refractivity contribution in [1.82, 2.24) is 20.1 Å². The maximum atomic E-state index is 13.6. The van der Waals surface area contributed by atoms with Gasteiger partial charge in [-0.2, -0.15) is 18.3 Å². The van der Waals surface area contributed by atoms with Crippen LogP contribution >= 0.6 is 0 Å². The van der Waals surface area contributed by atoms with Crippen LogP contribution in [0.4, 0.5) is 13.2 Å². The monoisotopic (exact) mass is 352 g/mol. The van der Waals surface area contributed by atoms with Crippen molar-refractivity contribution in [2.45, 2.75) is 43.8 Å². The van der Waals surface area contributed by atoms with Crippen molar-refractivity contribution in [2.75, 3.05) is 0 Å². The smallest absolute Gasteiger partial charge is 0.336 e. The lowest BCUT2D eigenvalue weighted by atomic mass is 9.81. The Morgan fingerprint density at radius 2 is 2.00 bits per heavy atom. The molecule has 0 spiro atoms. The molecule has 8 heteroatoms. The molecule has 0 aliphatic heterocycles. The first-order valence-corrected chi connectivity index (χ1v) is 8.16. The Hall–Kier alpha value is -2.38. The fourth-order valence-electron chi connectivity index (χ4n) is 3.25. The molecule has 3 rings (SSSR count). The minimum absolute atomic E-state index is 0.0877. The lowest BCUT2D eigenvalue weighted by Gasteiger charge is -2.39. The van der Waals surface area contributed by atoms with Crippen LogP contribution in [0.1, 0.15) is 42.6 Å². The van der Waals surface area contributed by atoms with Crippen LogP contribution in [0.5, 0.6) is 0 Å². The molecule has 0 bridgehead atoms. The fourth-order valence-corrected chi connectivity index (χ4v) is 3.25. The summed E-state index contributed by atoms with van der Waals surface area (Å²) in [4.78, 5) is 16.5. The van der Waals surface area contributed by atoms with Gasteiger partial charge in [-0.15, -0.1) is 0 Å². The van der Waals surface area contributed by atoms with Gasteiger partial charge in [0.05, 0.1) is 5.69 Å². The van der Waals surface area contributed by atoms with Crippen molar-refractivity contribution in [1.29, 1.82) is 0 Å². The van der Waals surface area contributed by atoms with Gasteiger partial charge in [-0.1, -0.05) is 19.3 Å². The molecule has 1 saturated carbocycles. The molecule has 2 aromatic rings. The molecule has 2 aromatic heterocycles. The number of carbonyl (C=O) groups excluding carboxylic acids is 1. The maximum absolute atomic E-state index is 13.6. The number of aryl methyl sites for hydroxylation is 1. The number of carbonyl (C=O) groups is 1. The number of amides is 1. The molecular formula is C17H19F3N4O. The van der Waals surface area contributed by atoms with Gasteiger partial charge in [-0.3, -0.25) is 14.5 Å². The number of hydrogen-bond acceptors (Lipinski definition) is 3. The largest absolute Gasteiger partial charge is 0.411 e. The van der Waals surface area contributed by atoms with E-state index >= 15 is 0 Å². The SMILES string of the molecule is Cn1nc(-c2cccnc2)cc1C(=O)NC1(C(F)(F)F)CCCCC1. The molecule has 1 aliphatic rings. The number of nitrogens with zero attached hydrogens (tertiary/aromatic N) is 3. The first-order chi connectivity index (χ1) is 11.8. The van der Waals surface area contributed by atoms with Gasteiger partial charge in [0.1, 0.15) is 11.2 Å². The van der Waals surface area contributed by atoms with Crippen LogP contribution in [-0.2, 0) is 7.05 Å². The second-order valence-electron chi connectivity index (χ2n) is 6.37. The Morgan fingerprint density at radius 3 is 2.60 bits per heavy atom. The molecule has 134 valence electrons. The number of rotatable bonds is 3. The lowest BCUT2D eigenvalue weighted by Crippen LogP contribution is -2.59. The third-order valence-corrected chi connectivity index (χ3v) is 4.67. The van der Waals surface area contributed by atoms with Gasteiger partial charge in [-0.25, -0.2) is 0 Å². The Kier molecular flexibility index (Phi) is 4.53. The first kappa shape index (κ1) is 17.4. The molecule has 25 heavy (non-hydrogen) atoms. The normalized spacial score (nSPS) is 17.3. The summed E-state index contributed by atoms with van der Waals surface area (Å²) in [6.07, 6.45) is 0.195. The van der Waals surface area contributed by atoms with E-state index < -0.39 is 17.6 Å². The molecular weight excluding hydrogens is 333 g/mol. The van der Waals surface area contributed by atoms with E-state index in [9.17, 15) is 18.0 Å². The Morgan fingerprint density at radius 1 is 1.28 bits per heavy atom. The van der Waals surface area contributed by atoms with Crippen molar-refractivity contribution >= 4 is 5.91 Å². The van der Waals surface area contributed by atoms with Gasteiger partial charge >= 0.3 is 6.18 Å². The lowest BCUT2D eigenvalue weighted by molar-refractivity contribution is -0.201. The van der Waals surface area contributed by atoms with E-state index in [4.69, 9.17) is 0 Å². The second-order valence-corrected chi connectivity index (χ2v) is 6.37. The van der Waals surface area contributed by atoms with E-state index in [-0.39, 0.29) is 18.5 Å². The van der Waals surface area contributed by atoms with E-state index in [1.807, 2.05) is 0 Å². The van der Waals surface area contributed by atoms with Gasteiger partial charge < -0.3 is 5.32 Å². The Labute approximate surface area is 143 Å². The van der Waals surface area contributed by atoms with Crippen LogP contribution < -0.4 is 5.32 Å². The highest BCUT2D eigenvalue weighted by atomic mass is 19.4. The minimum atomic E-state index is -4.48. The third kappa shape index (κ3) is 3.38.